The van der Waals surface area contributed by atoms with Gasteiger partial charge < -0.3 is 16.4 Å². The van der Waals surface area contributed by atoms with Crippen molar-refractivity contribution in [2.75, 3.05) is 16.4 Å². The number of nitrogen functional groups attached to an aromatic ring is 1. The van der Waals surface area contributed by atoms with Gasteiger partial charge in [-0.1, -0.05) is 19.9 Å². The molecule has 0 spiro atoms. The van der Waals surface area contributed by atoms with E-state index in [0.29, 0.717) is 17.8 Å². The Bertz CT molecular complexity index is 803. The molecule has 2 aromatic rings. The molecule has 25 heavy (non-hydrogen) atoms. The Hall–Kier alpha value is -2.89. The largest absolute Gasteiger partial charge is 0.399 e. The van der Waals surface area contributed by atoms with Gasteiger partial charge >= 0.3 is 0 Å². The summed E-state index contributed by atoms with van der Waals surface area (Å²) in [5.41, 5.74) is 7.87. The number of rotatable bonds is 5. The van der Waals surface area contributed by atoms with Crippen LogP contribution in [0, 0.1) is 18.7 Å². The SMILES string of the molecule is Cc1ccc(N)cc1NC(=O)c1ccc(NC(=O)CC(C)C)c(F)c1. The Kier molecular flexibility index (Phi) is 5.75. The number of anilines is 3. The van der Waals surface area contributed by atoms with Gasteiger partial charge in [0.2, 0.25) is 5.91 Å². The van der Waals surface area contributed by atoms with Gasteiger partial charge in [0.1, 0.15) is 5.82 Å². The van der Waals surface area contributed by atoms with E-state index in [4.69, 9.17) is 5.73 Å². The lowest BCUT2D eigenvalue weighted by molar-refractivity contribution is -0.116. The summed E-state index contributed by atoms with van der Waals surface area (Å²) >= 11 is 0. The molecule has 6 heteroatoms. The highest BCUT2D eigenvalue weighted by molar-refractivity contribution is 6.05. The molecule has 0 heterocycles. The number of carbonyl (C=O) groups is 2. The van der Waals surface area contributed by atoms with Gasteiger partial charge in [-0.3, -0.25) is 9.59 Å². The number of amides is 2. The summed E-state index contributed by atoms with van der Waals surface area (Å²) in [6.07, 6.45) is 0.302. The van der Waals surface area contributed by atoms with Crippen molar-refractivity contribution in [3.8, 4) is 0 Å². The third-order valence-corrected chi connectivity index (χ3v) is 3.61. The third-order valence-electron chi connectivity index (χ3n) is 3.61. The second-order valence-corrected chi connectivity index (χ2v) is 6.37. The highest BCUT2D eigenvalue weighted by Crippen LogP contribution is 2.21. The van der Waals surface area contributed by atoms with Crippen LogP contribution >= 0.6 is 0 Å². The fourth-order valence-corrected chi connectivity index (χ4v) is 2.30. The van der Waals surface area contributed by atoms with E-state index < -0.39 is 11.7 Å². The van der Waals surface area contributed by atoms with Crippen molar-refractivity contribution in [2.24, 2.45) is 5.92 Å². The Morgan fingerprint density at radius 2 is 1.80 bits per heavy atom. The van der Waals surface area contributed by atoms with E-state index in [9.17, 15) is 14.0 Å². The van der Waals surface area contributed by atoms with E-state index in [-0.39, 0.29) is 23.1 Å². The summed E-state index contributed by atoms with van der Waals surface area (Å²) in [6.45, 7) is 5.65. The van der Waals surface area contributed by atoms with E-state index in [1.165, 1.54) is 12.1 Å². The molecule has 4 N–H and O–H groups in total. The number of nitrogens with one attached hydrogen (secondary N) is 2. The van der Waals surface area contributed by atoms with Crippen molar-refractivity contribution in [1.82, 2.24) is 0 Å². The second kappa shape index (κ2) is 7.79. The minimum absolute atomic E-state index is 0.0577. The second-order valence-electron chi connectivity index (χ2n) is 6.37. The van der Waals surface area contributed by atoms with Crippen LogP contribution in [0.5, 0.6) is 0 Å². The van der Waals surface area contributed by atoms with Gasteiger partial charge in [0.25, 0.3) is 5.91 Å². The van der Waals surface area contributed by atoms with Crippen LogP contribution in [0.15, 0.2) is 36.4 Å². The van der Waals surface area contributed by atoms with Crippen molar-refractivity contribution in [2.45, 2.75) is 27.2 Å². The number of aryl methyl sites for hydroxylation is 1. The molecule has 2 amide bonds. The van der Waals surface area contributed by atoms with Crippen molar-refractivity contribution < 1.29 is 14.0 Å². The summed E-state index contributed by atoms with van der Waals surface area (Å²) in [7, 11) is 0. The van der Waals surface area contributed by atoms with Crippen molar-refractivity contribution in [3.63, 3.8) is 0 Å². The number of halogens is 1. The van der Waals surface area contributed by atoms with Crippen molar-refractivity contribution in [1.29, 1.82) is 0 Å². The fourth-order valence-electron chi connectivity index (χ4n) is 2.30. The normalized spacial score (nSPS) is 10.6. The maximum atomic E-state index is 14.2. The first-order valence-electron chi connectivity index (χ1n) is 8.03. The summed E-state index contributed by atoms with van der Waals surface area (Å²) in [5, 5.41) is 5.22. The summed E-state index contributed by atoms with van der Waals surface area (Å²) in [4.78, 5) is 24.0. The Balaban J connectivity index is 2.12. The standard InChI is InChI=1S/C19H22FN3O2/c1-11(2)8-18(24)22-16-7-5-13(9-15(16)20)19(25)23-17-10-14(21)6-4-12(17)3/h4-7,9-11H,8,21H2,1-3H3,(H,22,24)(H,23,25). The molecule has 2 aromatic carbocycles. The molecular formula is C19H22FN3O2. The third kappa shape index (κ3) is 5.04. The first kappa shape index (κ1) is 18.4. The first-order valence-corrected chi connectivity index (χ1v) is 8.03. The predicted molar refractivity (Wildman–Crippen MR) is 98.0 cm³/mol. The van der Waals surface area contributed by atoms with E-state index >= 15 is 0 Å². The molecular weight excluding hydrogens is 321 g/mol. The molecule has 0 fully saturated rings. The molecule has 0 radical (unpaired) electrons. The Morgan fingerprint density at radius 3 is 2.44 bits per heavy atom. The zero-order chi connectivity index (χ0) is 18.6. The number of hydrogen-bond donors (Lipinski definition) is 3. The maximum absolute atomic E-state index is 14.2. The molecule has 0 unspecified atom stereocenters. The monoisotopic (exact) mass is 343 g/mol. The highest BCUT2D eigenvalue weighted by atomic mass is 19.1. The molecule has 0 aliphatic heterocycles. The van der Waals surface area contributed by atoms with Gasteiger partial charge in [0, 0.05) is 23.4 Å². The van der Waals surface area contributed by atoms with Crippen LogP contribution in [0.3, 0.4) is 0 Å². The Morgan fingerprint density at radius 1 is 1.08 bits per heavy atom. The van der Waals surface area contributed by atoms with Crippen LogP contribution < -0.4 is 16.4 Å². The van der Waals surface area contributed by atoms with E-state index in [1.54, 1.807) is 18.2 Å². The zero-order valence-corrected chi connectivity index (χ0v) is 14.5. The van der Waals surface area contributed by atoms with Gasteiger partial charge in [-0.05, 0) is 48.7 Å². The van der Waals surface area contributed by atoms with E-state index in [2.05, 4.69) is 10.6 Å². The Labute approximate surface area is 146 Å². The molecule has 0 aliphatic rings. The highest BCUT2D eigenvalue weighted by Gasteiger charge is 2.13. The maximum Gasteiger partial charge on any atom is 0.255 e. The summed E-state index contributed by atoms with van der Waals surface area (Å²) in [6, 6.07) is 9.12. The number of benzene rings is 2. The minimum atomic E-state index is -0.658. The number of nitrogens with two attached hydrogens (primary N) is 1. The van der Waals surface area contributed by atoms with Crippen LogP contribution in [-0.2, 0) is 4.79 Å². The van der Waals surface area contributed by atoms with Gasteiger partial charge in [-0.2, -0.15) is 0 Å². The molecule has 0 bridgehead atoms. The lowest BCUT2D eigenvalue weighted by atomic mass is 10.1. The number of carbonyl (C=O) groups excluding carboxylic acids is 2. The quantitative estimate of drug-likeness (QED) is 0.719. The van der Waals surface area contributed by atoms with Crippen LogP contribution in [0.1, 0.15) is 36.2 Å². The average Bonchev–Trinajstić information content (AvgIpc) is 2.52. The zero-order valence-electron chi connectivity index (χ0n) is 14.5. The predicted octanol–water partition coefficient (Wildman–Crippen LogP) is 3.95. The molecule has 0 atom stereocenters. The summed E-state index contributed by atoms with van der Waals surface area (Å²) in [5.74, 6) is -1.20. The van der Waals surface area contributed by atoms with Crippen LogP contribution in [0.25, 0.3) is 0 Å². The lowest BCUT2D eigenvalue weighted by Gasteiger charge is -2.11. The molecule has 132 valence electrons. The van der Waals surface area contributed by atoms with Gasteiger partial charge in [-0.15, -0.1) is 0 Å². The number of hydrogen-bond acceptors (Lipinski definition) is 3. The van der Waals surface area contributed by atoms with Crippen molar-refractivity contribution >= 4 is 28.9 Å². The molecule has 0 aromatic heterocycles. The first-order chi connectivity index (χ1) is 11.8. The molecule has 0 aliphatic carbocycles. The van der Waals surface area contributed by atoms with Gasteiger partial charge in [0.15, 0.2) is 0 Å². The molecule has 5 nitrogen and oxygen atoms in total. The lowest BCUT2D eigenvalue weighted by Crippen LogP contribution is -2.16. The van der Waals surface area contributed by atoms with Gasteiger partial charge in [-0.25, -0.2) is 4.39 Å². The minimum Gasteiger partial charge on any atom is -0.399 e. The smallest absolute Gasteiger partial charge is 0.255 e. The van der Waals surface area contributed by atoms with Crippen LogP contribution in [0.4, 0.5) is 21.5 Å². The van der Waals surface area contributed by atoms with Crippen LogP contribution in [0.2, 0.25) is 0 Å². The summed E-state index contributed by atoms with van der Waals surface area (Å²) < 4.78 is 14.2. The van der Waals surface area contributed by atoms with E-state index in [1.807, 2.05) is 20.8 Å². The molecule has 0 saturated carbocycles. The molecule has 0 saturated heterocycles. The van der Waals surface area contributed by atoms with Crippen molar-refractivity contribution in [3.05, 3.63) is 53.3 Å². The average molecular weight is 343 g/mol. The molecule has 2 rings (SSSR count). The topological polar surface area (TPSA) is 84.2 Å². The van der Waals surface area contributed by atoms with Crippen LogP contribution in [-0.4, -0.2) is 11.8 Å². The fraction of sp³-hybridized carbons (Fsp3) is 0.263. The van der Waals surface area contributed by atoms with E-state index in [0.717, 1.165) is 11.6 Å². The van der Waals surface area contributed by atoms with Gasteiger partial charge in [0.05, 0.1) is 5.69 Å².